The summed E-state index contributed by atoms with van der Waals surface area (Å²) in [5.74, 6) is 0. The van der Waals surface area contributed by atoms with E-state index < -0.39 is 0 Å². The van der Waals surface area contributed by atoms with Crippen molar-refractivity contribution in [3.05, 3.63) is 90.0 Å². The van der Waals surface area contributed by atoms with E-state index in [1.165, 1.54) is 11.1 Å². The van der Waals surface area contributed by atoms with Crippen molar-refractivity contribution in [3.8, 4) is 11.1 Å². The number of rotatable bonds is 1. The molecule has 0 saturated heterocycles. The first-order valence-corrected chi connectivity index (χ1v) is 7.33. The average molecular weight is 299 g/mol. The van der Waals surface area contributed by atoms with Crippen molar-refractivity contribution in [2.45, 2.75) is 0 Å². The molecule has 0 aliphatic carbocycles. The van der Waals surface area contributed by atoms with Crippen molar-refractivity contribution in [2.24, 2.45) is 0 Å². The number of halogens is 1. The maximum atomic E-state index is 5.60. The van der Waals surface area contributed by atoms with E-state index in [9.17, 15) is 0 Å². The Morgan fingerprint density at radius 3 is 1.30 bits per heavy atom. The molecule has 1 unspecified atom stereocenters. The SMILES string of the molecule is Pc1ccc(Cl)cc1.c1ccc(-c2ccccc2)cc1. The minimum Gasteiger partial charge on any atom is -0.106 e. The molecule has 0 amide bonds. The third-order valence-corrected chi connectivity index (χ3v) is 3.39. The molecular formula is C18H16ClP. The molecule has 0 bridgehead atoms. The Hall–Kier alpha value is -1.62. The molecule has 3 rings (SSSR count). The first-order valence-electron chi connectivity index (χ1n) is 6.37. The monoisotopic (exact) mass is 298 g/mol. The van der Waals surface area contributed by atoms with Crippen LogP contribution < -0.4 is 5.30 Å². The van der Waals surface area contributed by atoms with E-state index >= 15 is 0 Å². The van der Waals surface area contributed by atoms with Gasteiger partial charge in [0.2, 0.25) is 0 Å². The molecule has 0 fully saturated rings. The molecule has 3 aromatic rings. The van der Waals surface area contributed by atoms with Crippen LogP contribution in [0.2, 0.25) is 5.02 Å². The number of benzene rings is 3. The largest absolute Gasteiger partial charge is 0.106 e. The van der Waals surface area contributed by atoms with E-state index in [4.69, 9.17) is 11.6 Å². The van der Waals surface area contributed by atoms with E-state index in [0.29, 0.717) is 0 Å². The van der Waals surface area contributed by atoms with Crippen LogP contribution in [0, 0.1) is 0 Å². The van der Waals surface area contributed by atoms with Crippen molar-refractivity contribution < 1.29 is 0 Å². The molecular weight excluding hydrogens is 283 g/mol. The van der Waals surface area contributed by atoms with Gasteiger partial charge in [-0.2, -0.15) is 0 Å². The summed E-state index contributed by atoms with van der Waals surface area (Å²) in [4.78, 5) is 0. The predicted octanol–water partition coefficient (Wildman–Crippen LogP) is 5.19. The highest BCUT2D eigenvalue weighted by Crippen LogP contribution is 2.17. The Morgan fingerprint density at radius 1 is 0.550 bits per heavy atom. The number of hydrogen-bond acceptors (Lipinski definition) is 0. The van der Waals surface area contributed by atoms with Crippen molar-refractivity contribution in [1.29, 1.82) is 0 Å². The van der Waals surface area contributed by atoms with Gasteiger partial charge in [-0.3, -0.25) is 0 Å². The van der Waals surface area contributed by atoms with E-state index in [1.807, 2.05) is 36.4 Å². The molecule has 3 aromatic carbocycles. The highest BCUT2D eigenvalue weighted by atomic mass is 35.5. The Balaban J connectivity index is 0.000000160. The molecule has 0 aromatic heterocycles. The minimum absolute atomic E-state index is 0.788. The molecule has 1 atom stereocenters. The molecule has 0 nitrogen and oxygen atoms in total. The van der Waals surface area contributed by atoms with Gasteiger partial charge in [0, 0.05) is 5.02 Å². The lowest BCUT2D eigenvalue weighted by atomic mass is 10.1. The fraction of sp³-hybridized carbons (Fsp3) is 0. The van der Waals surface area contributed by atoms with Crippen molar-refractivity contribution in [3.63, 3.8) is 0 Å². The molecule has 0 radical (unpaired) electrons. The maximum Gasteiger partial charge on any atom is 0.0406 e. The van der Waals surface area contributed by atoms with E-state index in [2.05, 4.69) is 57.8 Å². The van der Waals surface area contributed by atoms with Crippen LogP contribution in [0.1, 0.15) is 0 Å². The zero-order valence-electron chi connectivity index (χ0n) is 11.0. The zero-order valence-corrected chi connectivity index (χ0v) is 12.9. The molecule has 100 valence electrons. The van der Waals surface area contributed by atoms with Crippen LogP contribution in [0.15, 0.2) is 84.9 Å². The van der Waals surface area contributed by atoms with Gasteiger partial charge in [0.1, 0.15) is 0 Å². The van der Waals surface area contributed by atoms with Gasteiger partial charge in [0.25, 0.3) is 0 Å². The van der Waals surface area contributed by atoms with Crippen molar-refractivity contribution in [1.82, 2.24) is 0 Å². The van der Waals surface area contributed by atoms with Crippen LogP contribution in [-0.4, -0.2) is 0 Å². The lowest BCUT2D eigenvalue weighted by Gasteiger charge is -1.98. The summed E-state index contributed by atoms with van der Waals surface area (Å²) >= 11 is 5.60. The van der Waals surface area contributed by atoms with Crippen LogP contribution in [-0.2, 0) is 0 Å². The van der Waals surface area contributed by atoms with E-state index in [0.717, 1.165) is 10.3 Å². The smallest absolute Gasteiger partial charge is 0.0406 e. The van der Waals surface area contributed by atoms with Crippen molar-refractivity contribution in [2.75, 3.05) is 0 Å². The van der Waals surface area contributed by atoms with Gasteiger partial charge >= 0.3 is 0 Å². The summed E-state index contributed by atoms with van der Waals surface area (Å²) in [5.41, 5.74) is 2.55. The van der Waals surface area contributed by atoms with Crippen LogP contribution in [0.25, 0.3) is 11.1 Å². The van der Waals surface area contributed by atoms with E-state index in [-0.39, 0.29) is 0 Å². The molecule has 2 heteroatoms. The fourth-order valence-corrected chi connectivity index (χ4v) is 2.04. The summed E-state index contributed by atoms with van der Waals surface area (Å²) in [6.45, 7) is 0. The van der Waals surface area contributed by atoms with Crippen molar-refractivity contribution >= 4 is 26.1 Å². The Labute approximate surface area is 127 Å². The second-order valence-electron chi connectivity index (χ2n) is 4.28. The lowest BCUT2D eigenvalue weighted by Crippen LogP contribution is -1.84. The summed E-state index contributed by atoms with van der Waals surface area (Å²) in [6.07, 6.45) is 0. The molecule has 0 heterocycles. The molecule has 0 N–H and O–H groups in total. The summed E-state index contributed by atoms with van der Waals surface area (Å²) in [7, 11) is 2.59. The molecule has 20 heavy (non-hydrogen) atoms. The van der Waals surface area contributed by atoms with Crippen LogP contribution in [0.3, 0.4) is 0 Å². The van der Waals surface area contributed by atoms with E-state index in [1.54, 1.807) is 0 Å². The first-order chi connectivity index (χ1) is 9.75. The van der Waals surface area contributed by atoms with Gasteiger partial charge in [-0.1, -0.05) is 84.4 Å². The lowest BCUT2D eigenvalue weighted by molar-refractivity contribution is 1.62. The molecule has 0 saturated carbocycles. The Bertz CT molecular complexity index is 560. The van der Waals surface area contributed by atoms with Gasteiger partial charge in [-0.25, -0.2) is 0 Å². The summed E-state index contributed by atoms with van der Waals surface area (Å²) in [5, 5.41) is 1.95. The van der Waals surface area contributed by atoms with Crippen LogP contribution in [0.5, 0.6) is 0 Å². The molecule has 0 spiro atoms. The predicted molar refractivity (Wildman–Crippen MR) is 92.7 cm³/mol. The van der Waals surface area contributed by atoms with Crippen LogP contribution >= 0.6 is 20.8 Å². The number of hydrogen-bond donors (Lipinski definition) is 0. The molecule has 0 aliphatic rings. The third kappa shape index (κ3) is 4.81. The van der Waals surface area contributed by atoms with Gasteiger partial charge in [0.05, 0.1) is 0 Å². The summed E-state index contributed by atoms with van der Waals surface area (Å²) < 4.78 is 0. The third-order valence-electron chi connectivity index (χ3n) is 2.75. The van der Waals surface area contributed by atoms with Gasteiger partial charge in [-0.15, -0.1) is 9.24 Å². The maximum absolute atomic E-state index is 5.60. The quantitative estimate of drug-likeness (QED) is 0.542. The first kappa shape index (κ1) is 14.8. The fourth-order valence-electron chi connectivity index (χ4n) is 1.72. The Morgan fingerprint density at radius 2 is 0.950 bits per heavy atom. The average Bonchev–Trinajstić information content (AvgIpc) is 2.53. The normalized spacial score (nSPS) is 9.50. The van der Waals surface area contributed by atoms with Crippen LogP contribution in [0.4, 0.5) is 0 Å². The van der Waals surface area contributed by atoms with Gasteiger partial charge < -0.3 is 0 Å². The second kappa shape index (κ2) is 7.85. The second-order valence-corrected chi connectivity index (χ2v) is 5.39. The highest BCUT2D eigenvalue weighted by Gasteiger charge is 1.91. The highest BCUT2D eigenvalue weighted by molar-refractivity contribution is 7.27. The molecule has 0 aliphatic heterocycles. The Kier molecular flexibility index (Phi) is 5.80. The van der Waals surface area contributed by atoms with Gasteiger partial charge in [0.15, 0.2) is 0 Å². The summed E-state index contributed by atoms with van der Waals surface area (Å²) in [6, 6.07) is 28.4. The zero-order chi connectivity index (χ0) is 14.2. The standard InChI is InChI=1S/C12H10.C6H6ClP/c1-3-7-11(8-4-1)12-9-5-2-6-10-12;7-5-1-3-6(8)4-2-5/h1-10H;1-4H,8H2. The van der Waals surface area contributed by atoms with Gasteiger partial charge in [-0.05, 0) is 28.6 Å². The topological polar surface area (TPSA) is 0 Å². The minimum atomic E-state index is 0.788.